The molecule has 1 saturated heterocycles. The van der Waals surface area contributed by atoms with Crippen molar-refractivity contribution in [2.45, 2.75) is 26.0 Å². The van der Waals surface area contributed by atoms with Crippen molar-refractivity contribution in [1.82, 2.24) is 19.9 Å². The van der Waals surface area contributed by atoms with E-state index in [1.807, 2.05) is 0 Å². The molecule has 0 bridgehead atoms. The predicted octanol–water partition coefficient (Wildman–Crippen LogP) is -0.134. The lowest BCUT2D eigenvalue weighted by Gasteiger charge is -2.13. The Hall–Kier alpha value is -0.940. The number of aliphatic hydroxyl groups is 1. The summed E-state index contributed by atoms with van der Waals surface area (Å²) in [5, 5.41) is 16.6. The normalized spacial score (nSPS) is 17.8. The molecule has 5 nitrogen and oxygen atoms in total. The van der Waals surface area contributed by atoms with Gasteiger partial charge in [-0.25, -0.2) is 0 Å². The maximum atomic E-state index is 8.80. The molecule has 1 fully saturated rings. The van der Waals surface area contributed by atoms with Crippen LogP contribution in [0, 0.1) is 0 Å². The summed E-state index contributed by atoms with van der Waals surface area (Å²) in [4.78, 5) is 2.43. The predicted molar refractivity (Wildman–Crippen MR) is 51.6 cm³/mol. The molecule has 1 aliphatic rings. The number of hydrogen-bond acceptors (Lipinski definition) is 4. The molecule has 0 spiro atoms. The van der Waals surface area contributed by atoms with Crippen LogP contribution in [0.2, 0.25) is 0 Å². The fourth-order valence-corrected chi connectivity index (χ4v) is 1.77. The van der Waals surface area contributed by atoms with Crippen molar-refractivity contribution in [3.63, 3.8) is 0 Å². The van der Waals surface area contributed by atoms with Gasteiger partial charge in [0.15, 0.2) is 0 Å². The van der Waals surface area contributed by atoms with Gasteiger partial charge >= 0.3 is 0 Å². The number of rotatable bonds is 4. The average molecular weight is 196 g/mol. The zero-order valence-electron chi connectivity index (χ0n) is 8.26. The van der Waals surface area contributed by atoms with E-state index in [1.165, 1.54) is 25.9 Å². The van der Waals surface area contributed by atoms with Crippen LogP contribution >= 0.6 is 0 Å². The van der Waals surface area contributed by atoms with Crippen molar-refractivity contribution in [2.75, 3.05) is 19.6 Å². The minimum atomic E-state index is -0.0241. The number of hydrogen-bond donors (Lipinski definition) is 1. The van der Waals surface area contributed by atoms with E-state index >= 15 is 0 Å². The van der Waals surface area contributed by atoms with Gasteiger partial charge in [-0.1, -0.05) is 5.21 Å². The molecular weight excluding hydrogens is 180 g/mol. The second-order valence-electron chi connectivity index (χ2n) is 3.68. The van der Waals surface area contributed by atoms with E-state index in [-0.39, 0.29) is 6.61 Å². The molecule has 0 saturated carbocycles. The summed E-state index contributed by atoms with van der Waals surface area (Å²) in [7, 11) is 0. The van der Waals surface area contributed by atoms with E-state index in [2.05, 4.69) is 15.2 Å². The molecule has 0 aromatic carbocycles. The first-order valence-corrected chi connectivity index (χ1v) is 5.11. The van der Waals surface area contributed by atoms with Crippen LogP contribution in [-0.4, -0.2) is 44.6 Å². The van der Waals surface area contributed by atoms with Crippen LogP contribution in [0.4, 0.5) is 0 Å². The molecule has 1 aromatic rings. The molecule has 1 aliphatic heterocycles. The molecule has 14 heavy (non-hydrogen) atoms. The van der Waals surface area contributed by atoms with E-state index in [1.54, 1.807) is 10.9 Å². The Bertz CT molecular complexity index is 280. The van der Waals surface area contributed by atoms with Gasteiger partial charge in [0.05, 0.1) is 19.3 Å². The number of likely N-dealkylation sites (tertiary alicyclic amines) is 1. The van der Waals surface area contributed by atoms with Crippen molar-refractivity contribution in [3.05, 3.63) is 11.9 Å². The lowest BCUT2D eigenvalue weighted by molar-refractivity contribution is 0.276. The minimum Gasteiger partial charge on any atom is -0.390 e. The second-order valence-corrected chi connectivity index (χ2v) is 3.68. The standard InChI is InChI=1S/C9H16N4O/c14-8-9-7-13(11-10-9)6-5-12-3-1-2-4-12/h7,14H,1-6,8H2. The average Bonchev–Trinajstić information content (AvgIpc) is 2.86. The summed E-state index contributed by atoms with van der Waals surface area (Å²) >= 11 is 0. The second kappa shape index (κ2) is 4.52. The van der Waals surface area contributed by atoms with E-state index in [4.69, 9.17) is 5.11 Å². The Morgan fingerprint density at radius 2 is 2.07 bits per heavy atom. The molecule has 0 radical (unpaired) electrons. The number of aromatic nitrogens is 3. The highest BCUT2D eigenvalue weighted by molar-refractivity contribution is 4.88. The fraction of sp³-hybridized carbons (Fsp3) is 0.778. The van der Waals surface area contributed by atoms with Gasteiger partial charge in [-0.3, -0.25) is 4.68 Å². The summed E-state index contributed by atoms with van der Waals surface area (Å²) in [6.07, 6.45) is 4.44. The Morgan fingerprint density at radius 1 is 1.29 bits per heavy atom. The van der Waals surface area contributed by atoms with E-state index < -0.39 is 0 Å². The molecule has 0 atom stereocenters. The first-order valence-electron chi connectivity index (χ1n) is 5.11. The molecule has 78 valence electrons. The first-order chi connectivity index (χ1) is 6.88. The zero-order chi connectivity index (χ0) is 9.80. The summed E-state index contributed by atoms with van der Waals surface area (Å²) in [5.41, 5.74) is 0.645. The molecule has 2 rings (SSSR count). The number of aliphatic hydroxyl groups excluding tert-OH is 1. The van der Waals surface area contributed by atoms with Crippen molar-refractivity contribution in [1.29, 1.82) is 0 Å². The van der Waals surface area contributed by atoms with Gasteiger partial charge in [0.25, 0.3) is 0 Å². The third kappa shape index (κ3) is 2.30. The quantitative estimate of drug-likeness (QED) is 0.728. The third-order valence-corrected chi connectivity index (χ3v) is 2.59. The lowest BCUT2D eigenvalue weighted by Crippen LogP contribution is -2.24. The summed E-state index contributed by atoms with van der Waals surface area (Å²) < 4.78 is 1.80. The number of nitrogens with zero attached hydrogens (tertiary/aromatic N) is 4. The Morgan fingerprint density at radius 3 is 2.71 bits per heavy atom. The molecule has 1 aromatic heterocycles. The van der Waals surface area contributed by atoms with Gasteiger partial charge in [-0.15, -0.1) is 5.10 Å². The first kappa shape index (κ1) is 9.61. The highest BCUT2D eigenvalue weighted by atomic mass is 16.3. The van der Waals surface area contributed by atoms with Gasteiger partial charge in [0.1, 0.15) is 5.69 Å². The monoisotopic (exact) mass is 196 g/mol. The molecule has 2 heterocycles. The molecule has 0 amide bonds. The van der Waals surface area contributed by atoms with Gasteiger partial charge in [-0.2, -0.15) is 0 Å². The molecule has 1 N–H and O–H groups in total. The van der Waals surface area contributed by atoms with E-state index in [0.29, 0.717) is 5.69 Å². The summed E-state index contributed by atoms with van der Waals surface area (Å²) in [6, 6.07) is 0. The van der Waals surface area contributed by atoms with Crippen molar-refractivity contribution >= 4 is 0 Å². The van der Waals surface area contributed by atoms with Crippen LogP contribution < -0.4 is 0 Å². The molecule has 0 aliphatic carbocycles. The zero-order valence-corrected chi connectivity index (χ0v) is 8.26. The van der Waals surface area contributed by atoms with Crippen LogP contribution in [0.3, 0.4) is 0 Å². The minimum absolute atomic E-state index is 0.0241. The van der Waals surface area contributed by atoms with Crippen molar-refractivity contribution in [2.24, 2.45) is 0 Å². The van der Waals surface area contributed by atoms with Crippen molar-refractivity contribution in [3.8, 4) is 0 Å². The largest absolute Gasteiger partial charge is 0.390 e. The van der Waals surface area contributed by atoms with Crippen LogP contribution in [0.5, 0.6) is 0 Å². The fourth-order valence-electron chi connectivity index (χ4n) is 1.77. The van der Waals surface area contributed by atoms with Crippen molar-refractivity contribution < 1.29 is 5.11 Å². The van der Waals surface area contributed by atoms with Crippen LogP contribution in [0.15, 0.2) is 6.20 Å². The van der Waals surface area contributed by atoms with Crippen LogP contribution in [0.1, 0.15) is 18.5 Å². The van der Waals surface area contributed by atoms with Crippen LogP contribution in [0.25, 0.3) is 0 Å². The Balaban J connectivity index is 1.79. The van der Waals surface area contributed by atoms with E-state index in [9.17, 15) is 0 Å². The maximum Gasteiger partial charge on any atom is 0.108 e. The van der Waals surface area contributed by atoms with Gasteiger partial charge in [0.2, 0.25) is 0 Å². The Labute approximate surface area is 83.3 Å². The topological polar surface area (TPSA) is 54.2 Å². The lowest BCUT2D eigenvalue weighted by atomic mass is 10.4. The Kier molecular flexibility index (Phi) is 3.10. The summed E-state index contributed by atoms with van der Waals surface area (Å²) in [6.45, 7) is 4.30. The van der Waals surface area contributed by atoms with Gasteiger partial charge in [0, 0.05) is 6.54 Å². The summed E-state index contributed by atoms with van der Waals surface area (Å²) in [5.74, 6) is 0. The maximum absolute atomic E-state index is 8.80. The molecule has 5 heteroatoms. The SMILES string of the molecule is OCc1cn(CCN2CCCC2)nn1. The molecule has 0 unspecified atom stereocenters. The van der Waals surface area contributed by atoms with E-state index in [0.717, 1.165) is 13.1 Å². The van der Waals surface area contributed by atoms with Crippen LogP contribution in [-0.2, 0) is 13.2 Å². The van der Waals surface area contributed by atoms with Gasteiger partial charge < -0.3 is 10.0 Å². The van der Waals surface area contributed by atoms with Gasteiger partial charge in [-0.05, 0) is 25.9 Å². The highest BCUT2D eigenvalue weighted by Crippen LogP contribution is 2.06. The highest BCUT2D eigenvalue weighted by Gasteiger charge is 2.11. The smallest absolute Gasteiger partial charge is 0.108 e. The molecular formula is C9H16N4O. The third-order valence-electron chi connectivity index (χ3n) is 2.59.